The van der Waals surface area contributed by atoms with Gasteiger partial charge in [0.15, 0.2) is 5.82 Å². The van der Waals surface area contributed by atoms with Crippen molar-refractivity contribution in [2.75, 3.05) is 11.4 Å². The van der Waals surface area contributed by atoms with Crippen LogP contribution in [0.5, 0.6) is 0 Å². The first-order valence-electron chi connectivity index (χ1n) is 12.8. The van der Waals surface area contributed by atoms with E-state index in [2.05, 4.69) is 15.7 Å². The van der Waals surface area contributed by atoms with E-state index in [0.717, 1.165) is 16.4 Å². The highest BCUT2D eigenvalue weighted by Crippen LogP contribution is 2.26. The summed E-state index contributed by atoms with van der Waals surface area (Å²) in [4.78, 5) is 59.8. The maximum atomic E-state index is 12.3. The zero-order chi connectivity index (χ0) is 28.3. The number of rotatable bonds is 2. The molecule has 12 nitrogen and oxygen atoms in total. The molecule has 2 saturated heterocycles. The predicted octanol–water partition coefficient (Wildman–Crippen LogP) is 2.36. The number of benzene rings is 2. The number of nitrogens with one attached hydrogen (secondary N) is 2. The van der Waals surface area contributed by atoms with Crippen molar-refractivity contribution in [3.8, 4) is 0 Å². The molecule has 4 aromatic rings. The van der Waals surface area contributed by atoms with Crippen LogP contribution in [0, 0.1) is 0 Å². The van der Waals surface area contributed by atoms with Gasteiger partial charge in [-0.1, -0.05) is 38.1 Å². The highest BCUT2D eigenvalue weighted by molar-refractivity contribution is 6.08. The fourth-order valence-corrected chi connectivity index (χ4v) is 4.71. The Morgan fingerprint density at radius 1 is 0.795 bits per heavy atom. The number of piperidine rings is 1. The zero-order valence-corrected chi connectivity index (χ0v) is 22.3. The maximum absolute atomic E-state index is 12.3. The number of amides is 5. The third-order valence-electron chi connectivity index (χ3n) is 6.57. The molecule has 0 bridgehead atoms. The summed E-state index contributed by atoms with van der Waals surface area (Å²) in [5, 5.41) is 9.85. The van der Waals surface area contributed by atoms with Crippen molar-refractivity contribution in [3.63, 3.8) is 0 Å². The average Bonchev–Trinajstić information content (AvgIpc) is 3.39. The standard InChI is InChI=1S/C13H13N3O3.C12H12N4O2.C2H6/c1-15-8-4-2-3-5-9(8)16(13(15)19)10-6-7-11(17)14-12(10)18;1-15-9-5-3-2-4-8(9)11(14-15)16-7-6-10(17)13-12(16)18;1-2/h2-5,10H,6-7H2,1H3,(H,14,17,18);2-5H,6-7H2,1H3,(H,13,17,18);1-2H3. The van der Waals surface area contributed by atoms with Gasteiger partial charge in [0.25, 0.3) is 0 Å². The van der Waals surface area contributed by atoms with Gasteiger partial charge in [-0.05, 0) is 30.7 Å². The number of fused-ring (bicyclic) bond motifs is 2. The Morgan fingerprint density at radius 3 is 2.08 bits per heavy atom. The first-order valence-corrected chi connectivity index (χ1v) is 12.8. The minimum absolute atomic E-state index is 0.239. The highest BCUT2D eigenvalue weighted by Gasteiger charge is 2.31. The van der Waals surface area contributed by atoms with E-state index >= 15 is 0 Å². The van der Waals surface area contributed by atoms with Crippen LogP contribution in [0.25, 0.3) is 21.9 Å². The van der Waals surface area contributed by atoms with Crippen LogP contribution in [0.1, 0.15) is 39.2 Å². The molecule has 6 rings (SSSR count). The number of carbonyl (C=O) groups excluding carboxylic acids is 4. The van der Waals surface area contributed by atoms with Crippen LogP contribution in [0.2, 0.25) is 0 Å². The molecule has 5 amide bonds. The molecule has 0 saturated carbocycles. The van der Waals surface area contributed by atoms with Crippen LogP contribution >= 0.6 is 0 Å². The van der Waals surface area contributed by atoms with Gasteiger partial charge >= 0.3 is 11.7 Å². The van der Waals surface area contributed by atoms with Crippen LogP contribution in [0.3, 0.4) is 0 Å². The topological polar surface area (TPSA) is 140 Å². The molecular formula is C27H31N7O5. The Kier molecular flexibility index (Phi) is 7.93. The molecule has 12 heteroatoms. The fourth-order valence-electron chi connectivity index (χ4n) is 4.71. The number of urea groups is 1. The number of carbonyl (C=O) groups is 4. The number of aryl methyl sites for hydroxylation is 2. The molecule has 204 valence electrons. The van der Waals surface area contributed by atoms with Crippen molar-refractivity contribution in [1.82, 2.24) is 29.5 Å². The predicted molar refractivity (Wildman–Crippen MR) is 146 cm³/mol. The van der Waals surface area contributed by atoms with E-state index in [1.54, 1.807) is 17.8 Å². The van der Waals surface area contributed by atoms with Gasteiger partial charge < -0.3 is 0 Å². The summed E-state index contributed by atoms with van der Waals surface area (Å²) in [5.74, 6) is -0.334. The quantitative estimate of drug-likeness (QED) is 0.379. The molecular weight excluding hydrogens is 502 g/mol. The minimum atomic E-state index is -0.615. The molecule has 39 heavy (non-hydrogen) atoms. The van der Waals surface area contributed by atoms with E-state index in [1.165, 1.54) is 14.0 Å². The Morgan fingerprint density at radius 2 is 1.41 bits per heavy atom. The van der Waals surface area contributed by atoms with Gasteiger partial charge in [0, 0.05) is 38.9 Å². The molecule has 0 aliphatic carbocycles. The van der Waals surface area contributed by atoms with E-state index in [1.807, 2.05) is 63.4 Å². The smallest absolute Gasteiger partial charge is 0.295 e. The molecule has 2 N–H and O–H groups in total. The highest BCUT2D eigenvalue weighted by atomic mass is 16.2. The maximum Gasteiger partial charge on any atom is 0.329 e. The Bertz CT molecular complexity index is 1630. The lowest BCUT2D eigenvalue weighted by Gasteiger charge is -2.24. The summed E-state index contributed by atoms with van der Waals surface area (Å²) in [6.45, 7) is 4.37. The molecule has 0 radical (unpaired) electrons. The number of nitrogens with zero attached hydrogens (tertiary/aromatic N) is 5. The second-order valence-electron chi connectivity index (χ2n) is 8.89. The summed E-state index contributed by atoms with van der Waals surface area (Å²) in [7, 11) is 3.51. The Hall–Kier alpha value is -4.74. The number of imide groups is 2. The van der Waals surface area contributed by atoms with Gasteiger partial charge in [-0.25, -0.2) is 9.59 Å². The largest absolute Gasteiger partial charge is 0.329 e. The summed E-state index contributed by atoms with van der Waals surface area (Å²) < 4.78 is 4.71. The monoisotopic (exact) mass is 533 g/mol. The van der Waals surface area contributed by atoms with Gasteiger partial charge in [-0.2, -0.15) is 5.10 Å². The van der Waals surface area contributed by atoms with E-state index in [0.29, 0.717) is 30.7 Å². The van der Waals surface area contributed by atoms with Gasteiger partial charge in [0.05, 0.1) is 16.6 Å². The second-order valence-corrected chi connectivity index (χ2v) is 8.89. The number of anilines is 1. The Balaban J connectivity index is 0.000000170. The van der Waals surface area contributed by atoms with Crippen LogP contribution < -0.4 is 21.2 Å². The van der Waals surface area contributed by atoms with Gasteiger partial charge in [0.1, 0.15) is 6.04 Å². The molecule has 1 unspecified atom stereocenters. The van der Waals surface area contributed by atoms with E-state index in [4.69, 9.17) is 0 Å². The van der Waals surface area contributed by atoms with E-state index in [-0.39, 0.29) is 23.9 Å². The van der Waals surface area contributed by atoms with Crippen LogP contribution in [0.15, 0.2) is 53.3 Å². The van der Waals surface area contributed by atoms with Crippen molar-refractivity contribution in [3.05, 3.63) is 59.0 Å². The lowest BCUT2D eigenvalue weighted by atomic mass is 10.1. The Labute approximate surface area is 224 Å². The first kappa shape index (κ1) is 27.3. The van der Waals surface area contributed by atoms with E-state index in [9.17, 15) is 24.0 Å². The molecule has 2 aromatic carbocycles. The number of aromatic nitrogens is 4. The SMILES string of the molecule is CC.Cn1c(=O)n(C2CCC(=O)NC2=O)c2ccccc21.Cn1nc(N2CCC(=O)NC2=O)c2ccccc21. The lowest BCUT2D eigenvalue weighted by molar-refractivity contribution is -0.135. The van der Waals surface area contributed by atoms with Crippen LogP contribution in [-0.2, 0) is 28.5 Å². The number of para-hydroxylation sites is 3. The second kappa shape index (κ2) is 11.3. The third-order valence-corrected chi connectivity index (χ3v) is 6.57. The van der Waals surface area contributed by atoms with Crippen molar-refractivity contribution in [2.45, 2.75) is 39.2 Å². The van der Waals surface area contributed by atoms with Crippen LogP contribution in [-0.4, -0.2) is 49.2 Å². The van der Waals surface area contributed by atoms with Crippen LogP contribution in [0.4, 0.5) is 10.6 Å². The summed E-state index contributed by atoms with van der Waals surface area (Å²) in [5.41, 5.74) is 2.20. The number of imidazole rings is 1. The number of hydrogen-bond donors (Lipinski definition) is 2. The van der Waals surface area contributed by atoms with Crippen molar-refractivity contribution in [1.29, 1.82) is 0 Å². The molecule has 4 heterocycles. The molecule has 2 aliphatic heterocycles. The number of hydrogen-bond acceptors (Lipinski definition) is 6. The van der Waals surface area contributed by atoms with E-state index < -0.39 is 18.0 Å². The first-order chi connectivity index (χ1) is 18.8. The molecule has 1 atom stereocenters. The van der Waals surface area contributed by atoms with Crippen molar-refractivity contribution >= 4 is 51.5 Å². The average molecular weight is 534 g/mol. The van der Waals surface area contributed by atoms with Gasteiger partial charge in [-0.3, -0.25) is 43.7 Å². The minimum Gasteiger partial charge on any atom is -0.295 e. The zero-order valence-electron chi connectivity index (χ0n) is 22.3. The fraction of sp³-hybridized carbons (Fsp3) is 0.333. The molecule has 2 aromatic heterocycles. The lowest BCUT2D eigenvalue weighted by Crippen LogP contribution is -2.49. The summed E-state index contributed by atoms with van der Waals surface area (Å²) >= 11 is 0. The molecule has 0 spiro atoms. The van der Waals surface area contributed by atoms with Gasteiger partial charge in [-0.15, -0.1) is 0 Å². The summed E-state index contributed by atoms with van der Waals surface area (Å²) in [6.07, 6.45) is 0.918. The van der Waals surface area contributed by atoms with Crippen molar-refractivity contribution in [2.24, 2.45) is 14.1 Å². The van der Waals surface area contributed by atoms with Gasteiger partial charge in [0.2, 0.25) is 17.7 Å². The molecule has 2 fully saturated rings. The molecule has 2 aliphatic rings. The summed E-state index contributed by atoms with van der Waals surface area (Å²) in [6, 6.07) is 14.0. The third kappa shape index (κ3) is 5.17. The normalized spacial score (nSPS) is 17.2. The van der Waals surface area contributed by atoms with Crippen molar-refractivity contribution < 1.29 is 19.2 Å².